The summed E-state index contributed by atoms with van der Waals surface area (Å²) in [4.78, 5) is 21.8. The van der Waals surface area contributed by atoms with Crippen LogP contribution in [0, 0.1) is 0 Å². The van der Waals surface area contributed by atoms with Crippen LogP contribution >= 0.6 is 0 Å². The lowest BCUT2D eigenvalue weighted by Gasteiger charge is -2.30. The molecule has 0 aromatic heterocycles. The maximum atomic E-state index is 11.0. The van der Waals surface area contributed by atoms with Crippen molar-refractivity contribution in [2.24, 2.45) is 11.5 Å². The Labute approximate surface area is 99.0 Å². The molecule has 0 aliphatic carbocycles. The van der Waals surface area contributed by atoms with Gasteiger partial charge in [-0.15, -0.1) is 0 Å². The summed E-state index contributed by atoms with van der Waals surface area (Å²) in [5, 5.41) is 8.95. The van der Waals surface area contributed by atoms with Crippen LogP contribution in [-0.4, -0.2) is 42.0 Å². The van der Waals surface area contributed by atoms with E-state index in [2.05, 4.69) is 0 Å². The third kappa shape index (κ3) is 4.68. The number of hydrogen-bond acceptors (Lipinski definition) is 5. The minimum absolute atomic E-state index is 0.100. The Morgan fingerprint density at radius 3 is 2.65 bits per heavy atom. The second-order valence-corrected chi connectivity index (χ2v) is 4.00. The van der Waals surface area contributed by atoms with Gasteiger partial charge in [-0.1, -0.05) is 0 Å². The SMILES string of the molecule is NC(=O)CC(OC1CCCC(CO)O1)C(N)=O. The van der Waals surface area contributed by atoms with E-state index in [-0.39, 0.29) is 19.1 Å². The molecule has 0 aromatic carbocycles. The van der Waals surface area contributed by atoms with Gasteiger partial charge >= 0.3 is 0 Å². The van der Waals surface area contributed by atoms with E-state index in [1.807, 2.05) is 0 Å². The Morgan fingerprint density at radius 1 is 1.41 bits per heavy atom. The molecule has 0 aromatic rings. The number of hydrogen-bond donors (Lipinski definition) is 3. The van der Waals surface area contributed by atoms with Crippen molar-refractivity contribution in [1.82, 2.24) is 0 Å². The lowest BCUT2D eigenvalue weighted by atomic mass is 10.1. The average Bonchev–Trinajstić information content (AvgIpc) is 2.27. The fourth-order valence-electron chi connectivity index (χ4n) is 1.68. The number of carbonyl (C=O) groups excluding carboxylic acids is 2. The van der Waals surface area contributed by atoms with E-state index in [0.717, 1.165) is 12.8 Å². The molecule has 98 valence electrons. The normalized spacial score (nSPS) is 26.4. The van der Waals surface area contributed by atoms with E-state index >= 15 is 0 Å². The van der Waals surface area contributed by atoms with Crippen molar-refractivity contribution >= 4 is 11.8 Å². The highest BCUT2D eigenvalue weighted by atomic mass is 16.7. The topological polar surface area (TPSA) is 125 Å². The van der Waals surface area contributed by atoms with Crippen LogP contribution in [-0.2, 0) is 19.1 Å². The fourth-order valence-corrected chi connectivity index (χ4v) is 1.68. The smallest absolute Gasteiger partial charge is 0.247 e. The number of amides is 2. The Morgan fingerprint density at radius 2 is 2.12 bits per heavy atom. The molecule has 3 atom stereocenters. The van der Waals surface area contributed by atoms with Crippen molar-refractivity contribution in [2.45, 2.75) is 44.2 Å². The van der Waals surface area contributed by atoms with Crippen LogP contribution < -0.4 is 11.5 Å². The molecule has 1 aliphatic heterocycles. The maximum absolute atomic E-state index is 11.0. The lowest BCUT2D eigenvalue weighted by Crippen LogP contribution is -2.41. The van der Waals surface area contributed by atoms with Crippen molar-refractivity contribution in [1.29, 1.82) is 0 Å². The summed E-state index contributed by atoms with van der Waals surface area (Å²) in [6, 6.07) is 0. The predicted octanol–water partition coefficient (Wildman–Crippen LogP) is -1.38. The maximum Gasteiger partial charge on any atom is 0.247 e. The van der Waals surface area contributed by atoms with Gasteiger partial charge in [0.25, 0.3) is 0 Å². The number of nitrogens with two attached hydrogens (primary N) is 2. The Balaban J connectivity index is 2.48. The van der Waals surface area contributed by atoms with Gasteiger partial charge in [0.05, 0.1) is 19.1 Å². The van der Waals surface area contributed by atoms with Crippen LogP contribution in [0.5, 0.6) is 0 Å². The van der Waals surface area contributed by atoms with Crippen LogP contribution in [0.1, 0.15) is 25.7 Å². The number of ether oxygens (including phenoxy) is 2. The molecule has 1 heterocycles. The number of rotatable bonds is 6. The van der Waals surface area contributed by atoms with Gasteiger partial charge < -0.3 is 26.0 Å². The van der Waals surface area contributed by atoms with E-state index in [1.54, 1.807) is 0 Å². The van der Waals surface area contributed by atoms with E-state index in [1.165, 1.54) is 0 Å². The standard InChI is InChI=1S/C10H18N2O5/c11-8(14)4-7(10(12)15)17-9-3-1-2-6(5-13)16-9/h6-7,9,13H,1-5H2,(H2,11,14)(H2,12,15). The summed E-state index contributed by atoms with van der Waals surface area (Å²) in [6.07, 6.45) is -0.104. The largest absolute Gasteiger partial charge is 0.394 e. The Hall–Kier alpha value is -1.18. The van der Waals surface area contributed by atoms with E-state index in [0.29, 0.717) is 6.42 Å². The van der Waals surface area contributed by atoms with Crippen molar-refractivity contribution in [3.8, 4) is 0 Å². The first-order valence-corrected chi connectivity index (χ1v) is 5.52. The van der Waals surface area contributed by atoms with Gasteiger partial charge in [-0.25, -0.2) is 0 Å². The molecule has 5 N–H and O–H groups in total. The summed E-state index contributed by atoms with van der Waals surface area (Å²) in [7, 11) is 0. The monoisotopic (exact) mass is 246 g/mol. The molecule has 2 amide bonds. The molecule has 0 bridgehead atoms. The van der Waals surface area contributed by atoms with Gasteiger partial charge in [-0.3, -0.25) is 9.59 Å². The molecular formula is C10H18N2O5. The van der Waals surface area contributed by atoms with Crippen LogP contribution in [0.15, 0.2) is 0 Å². The summed E-state index contributed by atoms with van der Waals surface area (Å²) >= 11 is 0. The number of primary amides is 2. The zero-order chi connectivity index (χ0) is 12.8. The van der Waals surface area contributed by atoms with Crippen LogP contribution in [0.2, 0.25) is 0 Å². The number of aliphatic hydroxyl groups excluding tert-OH is 1. The molecule has 1 saturated heterocycles. The second kappa shape index (κ2) is 6.53. The van der Waals surface area contributed by atoms with E-state index < -0.39 is 24.2 Å². The summed E-state index contributed by atoms with van der Waals surface area (Å²) in [5.41, 5.74) is 10.1. The molecule has 1 rings (SSSR count). The lowest BCUT2D eigenvalue weighted by molar-refractivity contribution is -0.219. The zero-order valence-electron chi connectivity index (χ0n) is 9.50. The second-order valence-electron chi connectivity index (χ2n) is 4.00. The van der Waals surface area contributed by atoms with Gasteiger partial charge in [0.15, 0.2) is 6.29 Å². The van der Waals surface area contributed by atoms with E-state index in [9.17, 15) is 9.59 Å². The quantitative estimate of drug-likeness (QED) is 0.532. The van der Waals surface area contributed by atoms with Crippen molar-refractivity contribution in [3.05, 3.63) is 0 Å². The minimum atomic E-state index is -1.07. The third-order valence-electron chi connectivity index (χ3n) is 2.53. The molecule has 7 heteroatoms. The summed E-state index contributed by atoms with van der Waals surface area (Å²) in [6.45, 7) is -0.100. The molecule has 0 spiro atoms. The first kappa shape index (κ1) is 13.9. The van der Waals surface area contributed by atoms with Crippen LogP contribution in [0.4, 0.5) is 0 Å². The van der Waals surface area contributed by atoms with Crippen LogP contribution in [0.3, 0.4) is 0 Å². The highest BCUT2D eigenvalue weighted by Crippen LogP contribution is 2.21. The highest BCUT2D eigenvalue weighted by molar-refractivity contribution is 5.85. The molecule has 0 radical (unpaired) electrons. The Kier molecular flexibility index (Phi) is 5.33. The molecule has 1 aliphatic rings. The average molecular weight is 246 g/mol. The first-order chi connectivity index (χ1) is 8.02. The van der Waals surface area contributed by atoms with Gasteiger partial charge in [-0.05, 0) is 19.3 Å². The minimum Gasteiger partial charge on any atom is -0.394 e. The Bertz CT molecular complexity index is 284. The van der Waals surface area contributed by atoms with Gasteiger partial charge in [0.2, 0.25) is 11.8 Å². The van der Waals surface area contributed by atoms with Crippen molar-refractivity contribution in [3.63, 3.8) is 0 Å². The molecule has 1 fully saturated rings. The number of carbonyl (C=O) groups is 2. The molecule has 0 saturated carbocycles. The zero-order valence-corrected chi connectivity index (χ0v) is 9.50. The molecule has 17 heavy (non-hydrogen) atoms. The first-order valence-electron chi connectivity index (χ1n) is 5.52. The van der Waals surface area contributed by atoms with Crippen LogP contribution in [0.25, 0.3) is 0 Å². The summed E-state index contributed by atoms with van der Waals surface area (Å²) < 4.78 is 10.7. The molecular weight excluding hydrogens is 228 g/mol. The van der Waals surface area contributed by atoms with Gasteiger partial charge in [0, 0.05) is 0 Å². The number of aliphatic hydroxyl groups is 1. The van der Waals surface area contributed by atoms with Crippen molar-refractivity contribution < 1.29 is 24.2 Å². The van der Waals surface area contributed by atoms with Gasteiger partial charge in [0.1, 0.15) is 6.10 Å². The predicted molar refractivity (Wildman–Crippen MR) is 57.5 cm³/mol. The van der Waals surface area contributed by atoms with Crippen molar-refractivity contribution in [2.75, 3.05) is 6.61 Å². The molecule has 3 unspecified atom stereocenters. The van der Waals surface area contributed by atoms with E-state index in [4.69, 9.17) is 26.0 Å². The molecule has 7 nitrogen and oxygen atoms in total. The summed E-state index contributed by atoms with van der Waals surface area (Å²) in [5.74, 6) is -1.41. The fraction of sp³-hybridized carbons (Fsp3) is 0.800. The third-order valence-corrected chi connectivity index (χ3v) is 2.53. The van der Waals surface area contributed by atoms with Gasteiger partial charge in [-0.2, -0.15) is 0 Å². The highest BCUT2D eigenvalue weighted by Gasteiger charge is 2.28.